The predicted octanol–water partition coefficient (Wildman–Crippen LogP) is 5.38. The Morgan fingerprint density at radius 2 is 1.70 bits per heavy atom. The van der Waals surface area contributed by atoms with Crippen LogP contribution in [0.5, 0.6) is 0 Å². The fourth-order valence-corrected chi connectivity index (χ4v) is 4.30. The Balaban J connectivity index is 1.97. The lowest BCUT2D eigenvalue weighted by Gasteiger charge is -2.12. The van der Waals surface area contributed by atoms with E-state index in [0.29, 0.717) is 15.1 Å². The molecule has 3 rings (SSSR count). The molecule has 0 atom stereocenters. The van der Waals surface area contributed by atoms with Crippen molar-refractivity contribution in [1.82, 2.24) is 0 Å². The maximum Gasteiger partial charge on any atom is 0.255 e. The second-order valence-electron chi connectivity index (χ2n) is 6.38. The van der Waals surface area contributed by atoms with E-state index < -0.39 is 15.7 Å². The van der Waals surface area contributed by atoms with Crippen LogP contribution in [0.25, 0.3) is 0 Å². The van der Waals surface area contributed by atoms with Crippen LogP contribution in [0.3, 0.4) is 0 Å². The molecule has 0 saturated carbocycles. The Morgan fingerprint density at radius 3 is 2.40 bits per heavy atom. The van der Waals surface area contributed by atoms with Crippen LogP contribution >= 0.6 is 27.5 Å². The van der Waals surface area contributed by atoms with Crippen molar-refractivity contribution in [3.63, 3.8) is 0 Å². The highest BCUT2D eigenvalue weighted by Crippen LogP contribution is 2.27. The lowest BCUT2D eigenvalue weighted by atomic mass is 10.0. The van der Waals surface area contributed by atoms with Crippen molar-refractivity contribution < 1.29 is 18.0 Å². The molecule has 0 radical (unpaired) electrons. The molecular weight excluding hydrogens is 490 g/mol. The van der Waals surface area contributed by atoms with Crippen molar-refractivity contribution in [3.05, 3.63) is 92.9 Å². The summed E-state index contributed by atoms with van der Waals surface area (Å²) in [6.07, 6.45) is 0. The first-order valence-electron chi connectivity index (χ1n) is 8.96. The van der Waals surface area contributed by atoms with Crippen LogP contribution in [0.15, 0.2) is 76.1 Å². The first kappa shape index (κ1) is 22.2. The van der Waals surface area contributed by atoms with Gasteiger partial charge in [0.25, 0.3) is 5.91 Å². The van der Waals surface area contributed by atoms with Gasteiger partial charge in [0.15, 0.2) is 15.6 Å². The first-order chi connectivity index (χ1) is 14.2. The predicted molar refractivity (Wildman–Crippen MR) is 121 cm³/mol. The zero-order valence-electron chi connectivity index (χ0n) is 15.9. The van der Waals surface area contributed by atoms with Crippen LogP contribution in [0.2, 0.25) is 5.02 Å². The second kappa shape index (κ2) is 9.12. The number of benzene rings is 3. The average Bonchev–Trinajstić information content (AvgIpc) is 2.75. The SMILES string of the molecule is CCS(=O)(=O)c1cccc(C(=O)Nc2ccc(Br)cc2C(=O)c2ccccc2Cl)c1. The molecule has 1 N–H and O–H groups in total. The number of anilines is 1. The number of amides is 1. The Morgan fingerprint density at radius 1 is 0.967 bits per heavy atom. The van der Waals surface area contributed by atoms with Crippen LogP contribution < -0.4 is 5.32 Å². The van der Waals surface area contributed by atoms with Crippen LogP contribution in [-0.4, -0.2) is 25.9 Å². The molecule has 154 valence electrons. The van der Waals surface area contributed by atoms with Gasteiger partial charge in [0.05, 0.1) is 21.4 Å². The summed E-state index contributed by atoms with van der Waals surface area (Å²) in [4.78, 5) is 25.9. The number of rotatable bonds is 6. The highest BCUT2D eigenvalue weighted by molar-refractivity contribution is 9.10. The van der Waals surface area contributed by atoms with Crippen molar-refractivity contribution in [2.24, 2.45) is 0 Å². The Hall–Kier alpha value is -2.48. The minimum atomic E-state index is -3.45. The number of sulfone groups is 1. The van der Waals surface area contributed by atoms with Gasteiger partial charge in [-0.2, -0.15) is 0 Å². The number of carbonyl (C=O) groups is 2. The van der Waals surface area contributed by atoms with Crippen molar-refractivity contribution >= 4 is 54.7 Å². The number of nitrogens with one attached hydrogen (secondary N) is 1. The number of halogens is 2. The molecule has 0 saturated heterocycles. The fraction of sp³-hybridized carbons (Fsp3) is 0.0909. The lowest BCUT2D eigenvalue weighted by Crippen LogP contribution is -2.16. The summed E-state index contributed by atoms with van der Waals surface area (Å²) in [5, 5.41) is 3.01. The van der Waals surface area contributed by atoms with E-state index >= 15 is 0 Å². The molecule has 0 fully saturated rings. The molecule has 1 amide bonds. The van der Waals surface area contributed by atoms with E-state index in [1.165, 1.54) is 31.2 Å². The van der Waals surface area contributed by atoms with E-state index in [-0.39, 0.29) is 33.2 Å². The molecule has 30 heavy (non-hydrogen) atoms. The standard InChI is InChI=1S/C22H17BrClNO4S/c1-2-30(28,29)16-7-5-6-14(12-16)22(27)25-20-11-10-15(23)13-18(20)21(26)17-8-3-4-9-19(17)24/h3-13H,2H2,1H3,(H,25,27). The summed E-state index contributed by atoms with van der Waals surface area (Å²) in [5.41, 5.74) is 1.02. The van der Waals surface area contributed by atoms with Crippen molar-refractivity contribution in [2.75, 3.05) is 11.1 Å². The van der Waals surface area contributed by atoms with Gasteiger partial charge in [-0.1, -0.05) is 52.7 Å². The van der Waals surface area contributed by atoms with Gasteiger partial charge in [0.2, 0.25) is 0 Å². The van der Waals surface area contributed by atoms with Crippen LogP contribution in [0, 0.1) is 0 Å². The van der Waals surface area contributed by atoms with Crippen molar-refractivity contribution in [1.29, 1.82) is 0 Å². The molecule has 0 aliphatic heterocycles. The van der Waals surface area contributed by atoms with Gasteiger partial charge in [-0.05, 0) is 48.5 Å². The van der Waals surface area contributed by atoms with Crippen molar-refractivity contribution in [2.45, 2.75) is 11.8 Å². The monoisotopic (exact) mass is 505 g/mol. The van der Waals surface area contributed by atoms with Crippen LogP contribution in [0.4, 0.5) is 5.69 Å². The minimum absolute atomic E-state index is 0.0682. The Labute approximate surface area is 188 Å². The molecule has 8 heteroatoms. The lowest BCUT2D eigenvalue weighted by molar-refractivity contribution is 0.102. The summed E-state index contributed by atoms with van der Waals surface area (Å²) in [6, 6.07) is 17.3. The quantitative estimate of drug-likeness (QED) is 0.455. The summed E-state index contributed by atoms with van der Waals surface area (Å²) in [7, 11) is -3.45. The van der Waals surface area contributed by atoms with Crippen molar-refractivity contribution in [3.8, 4) is 0 Å². The van der Waals surface area contributed by atoms with Gasteiger partial charge >= 0.3 is 0 Å². The molecule has 5 nitrogen and oxygen atoms in total. The zero-order valence-corrected chi connectivity index (χ0v) is 19.0. The molecule has 0 heterocycles. The highest BCUT2D eigenvalue weighted by Gasteiger charge is 2.19. The van der Waals surface area contributed by atoms with Crippen LogP contribution in [0.1, 0.15) is 33.2 Å². The van der Waals surface area contributed by atoms with Gasteiger partial charge < -0.3 is 5.32 Å². The maximum absolute atomic E-state index is 13.0. The number of carbonyl (C=O) groups excluding carboxylic acids is 2. The van der Waals surface area contributed by atoms with Gasteiger partial charge in [0, 0.05) is 21.2 Å². The number of ketones is 1. The third-order valence-electron chi connectivity index (χ3n) is 4.43. The molecule has 0 aliphatic carbocycles. The Kier molecular flexibility index (Phi) is 6.75. The van der Waals surface area contributed by atoms with E-state index in [2.05, 4.69) is 21.2 Å². The van der Waals surface area contributed by atoms with Gasteiger partial charge in [0.1, 0.15) is 0 Å². The molecule has 0 bridgehead atoms. The normalized spacial score (nSPS) is 11.2. The first-order valence-corrected chi connectivity index (χ1v) is 11.8. The van der Waals surface area contributed by atoms with Gasteiger partial charge in [-0.25, -0.2) is 8.42 Å². The fourth-order valence-electron chi connectivity index (χ4n) is 2.80. The molecule has 3 aromatic carbocycles. The summed E-state index contributed by atoms with van der Waals surface area (Å²) in [5.74, 6) is -0.945. The second-order valence-corrected chi connectivity index (χ2v) is 9.99. The minimum Gasteiger partial charge on any atom is -0.321 e. The largest absolute Gasteiger partial charge is 0.321 e. The third kappa shape index (κ3) is 4.80. The van der Waals surface area contributed by atoms with E-state index in [1.54, 1.807) is 42.5 Å². The van der Waals surface area contributed by atoms with Gasteiger partial charge in [-0.3, -0.25) is 9.59 Å². The summed E-state index contributed by atoms with van der Waals surface area (Å²) >= 11 is 9.50. The van der Waals surface area contributed by atoms with E-state index in [0.717, 1.165) is 0 Å². The average molecular weight is 507 g/mol. The van der Waals surface area contributed by atoms with Gasteiger partial charge in [-0.15, -0.1) is 0 Å². The molecule has 0 unspecified atom stereocenters. The molecule has 0 spiro atoms. The molecule has 0 aliphatic rings. The number of hydrogen-bond donors (Lipinski definition) is 1. The van der Waals surface area contributed by atoms with E-state index in [1.807, 2.05) is 0 Å². The molecule has 3 aromatic rings. The van der Waals surface area contributed by atoms with Crippen LogP contribution in [-0.2, 0) is 9.84 Å². The van der Waals surface area contributed by atoms with E-state index in [9.17, 15) is 18.0 Å². The molecule has 0 aromatic heterocycles. The smallest absolute Gasteiger partial charge is 0.255 e. The number of hydrogen-bond acceptors (Lipinski definition) is 4. The zero-order chi connectivity index (χ0) is 21.9. The highest BCUT2D eigenvalue weighted by atomic mass is 79.9. The van der Waals surface area contributed by atoms with E-state index in [4.69, 9.17) is 11.6 Å². The topological polar surface area (TPSA) is 80.3 Å². The molecular formula is C22H17BrClNO4S. The Bertz CT molecular complexity index is 1240. The summed E-state index contributed by atoms with van der Waals surface area (Å²) in [6.45, 7) is 1.54. The third-order valence-corrected chi connectivity index (χ3v) is 6.98. The summed E-state index contributed by atoms with van der Waals surface area (Å²) < 4.78 is 24.9. The maximum atomic E-state index is 13.0.